The van der Waals surface area contributed by atoms with Crippen molar-refractivity contribution in [2.45, 2.75) is 38.9 Å². The molecule has 0 aromatic carbocycles. The number of carbonyl (C=O) groups excluding carboxylic acids is 2. The Hall–Kier alpha value is -1.62. The van der Waals surface area contributed by atoms with Crippen molar-refractivity contribution in [2.24, 2.45) is 59.2 Å². The summed E-state index contributed by atoms with van der Waals surface area (Å²) in [6.45, 7) is 4.59. The molecule has 0 bridgehead atoms. The Labute approximate surface area is 170 Å². The molecule has 0 aromatic heterocycles. The third-order valence-corrected chi connectivity index (χ3v) is 9.72. The monoisotopic (exact) mass is 396 g/mol. The summed E-state index contributed by atoms with van der Waals surface area (Å²) >= 11 is 0. The van der Waals surface area contributed by atoms with E-state index in [-0.39, 0.29) is 11.9 Å². The number of epoxide rings is 1. The van der Waals surface area contributed by atoms with E-state index in [0.29, 0.717) is 60.9 Å². The standard InChI is InChI=1S/C24H28O5/c1-3-27-13(25)7-9-5-11-12-6-10(8-14(26)28-4-2)16-18(12)19-17(11)15(9)21-20(19)22(16)24-23(21)29-24/h7-8,11-12,15-24H,3-6H2,1-2H3/b9-7+,10-8+/t11-,12+,15+,16-,17-,18-,19?,20?,21+,22+,23-,24+/m1/s1. The highest BCUT2D eigenvalue weighted by Crippen LogP contribution is 2.83. The number of hydrogen-bond donors (Lipinski definition) is 0. The first-order valence-corrected chi connectivity index (χ1v) is 11.5. The van der Waals surface area contributed by atoms with Crippen LogP contribution in [0.2, 0.25) is 0 Å². The Kier molecular flexibility index (Phi) is 3.27. The molecular formula is C24H28O5. The molecule has 12 atom stereocenters. The lowest BCUT2D eigenvalue weighted by molar-refractivity contribution is -0.138. The molecule has 6 saturated carbocycles. The van der Waals surface area contributed by atoms with Crippen LogP contribution in [0, 0.1) is 59.2 Å². The summed E-state index contributed by atoms with van der Waals surface area (Å²) in [4.78, 5) is 24.5. The Morgan fingerprint density at radius 3 is 1.69 bits per heavy atom. The molecule has 0 amide bonds. The number of hydrogen-bond acceptors (Lipinski definition) is 5. The van der Waals surface area contributed by atoms with E-state index >= 15 is 0 Å². The first-order chi connectivity index (χ1) is 14.1. The highest BCUT2D eigenvalue weighted by atomic mass is 16.6. The molecule has 0 N–H and O–H groups in total. The minimum atomic E-state index is -0.175. The molecule has 0 aromatic rings. The quantitative estimate of drug-likeness (QED) is 0.415. The molecule has 7 aliphatic rings. The van der Waals surface area contributed by atoms with Gasteiger partial charge in [-0.3, -0.25) is 0 Å². The second kappa shape index (κ2) is 5.54. The van der Waals surface area contributed by atoms with Crippen molar-refractivity contribution in [3.63, 3.8) is 0 Å². The zero-order chi connectivity index (χ0) is 19.6. The molecule has 6 aliphatic carbocycles. The van der Waals surface area contributed by atoms with Crippen LogP contribution < -0.4 is 0 Å². The van der Waals surface area contributed by atoms with E-state index in [1.807, 2.05) is 26.0 Å². The van der Waals surface area contributed by atoms with Gasteiger partial charge in [-0.15, -0.1) is 0 Å². The first kappa shape index (κ1) is 17.1. The maximum absolute atomic E-state index is 12.3. The fourth-order valence-corrected chi connectivity index (χ4v) is 9.65. The van der Waals surface area contributed by atoms with Gasteiger partial charge in [-0.25, -0.2) is 9.59 Å². The van der Waals surface area contributed by atoms with E-state index in [2.05, 4.69) is 0 Å². The summed E-state index contributed by atoms with van der Waals surface area (Å²) in [5.41, 5.74) is 2.68. The molecule has 0 spiro atoms. The van der Waals surface area contributed by atoms with E-state index < -0.39 is 0 Å². The van der Waals surface area contributed by atoms with Crippen molar-refractivity contribution < 1.29 is 23.8 Å². The van der Waals surface area contributed by atoms with Crippen LogP contribution in [0.4, 0.5) is 0 Å². The van der Waals surface area contributed by atoms with E-state index in [4.69, 9.17) is 14.2 Å². The topological polar surface area (TPSA) is 65.1 Å². The SMILES string of the molecule is CCOC(=O)/C=C1\C[C@H]2[C@H]3C/C(=C\C(=O)OCC)[C@H]4[C@@H]3C3C5[C@@H]([C@@H]6O[C@@H]6[C@H]54)[C@H]1[C@H]32. The summed E-state index contributed by atoms with van der Waals surface area (Å²) in [7, 11) is 0. The maximum Gasteiger partial charge on any atom is 0.330 e. The van der Waals surface area contributed by atoms with Gasteiger partial charge in [0.25, 0.3) is 0 Å². The van der Waals surface area contributed by atoms with Gasteiger partial charge >= 0.3 is 11.9 Å². The largest absolute Gasteiger partial charge is 0.463 e. The Balaban J connectivity index is 1.30. The van der Waals surface area contributed by atoms with E-state index in [1.54, 1.807) is 0 Å². The Morgan fingerprint density at radius 2 is 1.24 bits per heavy atom. The fourth-order valence-electron chi connectivity index (χ4n) is 9.65. The lowest BCUT2D eigenvalue weighted by Crippen LogP contribution is -2.24. The second-order valence-corrected chi connectivity index (χ2v) is 10.3. The van der Waals surface area contributed by atoms with Gasteiger partial charge in [-0.1, -0.05) is 11.1 Å². The number of rotatable bonds is 4. The molecule has 7 fully saturated rings. The average molecular weight is 396 g/mol. The molecular weight excluding hydrogens is 368 g/mol. The molecule has 1 aliphatic heterocycles. The van der Waals surface area contributed by atoms with Crippen LogP contribution in [0.1, 0.15) is 26.7 Å². The van der Waals surface area contributed by atoms with Crippen molar-refractivity contribution in [2.75, 3.05) is 13.2 Å². The normalized spacial score (nSPS) is 56.2. The average Bonchev–Trinajstić information content (AvgIpc) is 3.08. The predicted molar refractivity (Wildman–Crippen MR) is 102 cm³/mol. The fraction of sp³-hybridized carbons (Fsp3) is 0.750. The summed E-state index contributed by atoms with van der Waals surface area (Å²) < 4.78 is 16.7. The van der Waals surface area contributed by atoms with Crippen LogP contribution in [0.3, 0.4) is 0 Å². The van der Waals surface area contributed by atoms with Crippen LogP contribution in [0.25, 0.3) is 0 Å². The lowest BCUT2D eigenvalue weighted by Gasteiger charge is -2.25. The summed E-state index contributed by atoms with van der Waals surface area (Å²) in [5.74, 6) is 6.15. The van der Waals surface area contributed by atoms with Crippen molar-refractivity contribution in [3.05, 3.63) is 23.3 Å². The van der Waals surface area contributed by atoms with Crippen LogP contribution in [-0.4, -0.2) is 37.4 Å². The van der Waals surface area contributed by atoms with Gasteiger partial charge in [0.2, 0.25) is 0 Å². The van der Waals surface area contributed by atoms with E-state index in [1.165, 1.54) is 11.1 Å². The summed E-state index contributed by atoms with van der Waals surface area (Å²) in [6.07, 6.45) is 6.50. The molecule has 0 radical (unpaired) electrons. The number of carbonyl (C=O) groups is 2. The number of esters is 2. The zero-order valence-corrected chi connectivity index (χ0v) is 17.0. The van der Waals surface area contributed by atoms with Crippen LogP contribution in [0.5, 0.6) is 0 Å². The molecule has 2 unspecified atom stereocenters. The van der Waals surface area contributed by atoms with Gasteiger partial charge in [0, 0.05) is 12.2 Å². The Bertz CT molecular complexity index is 804. The van der Waals surface area contributed by atoms with Gasteiger partial charge in [0.15, 0.2) is 0 Å². The van der Waals surface area contributed by atoms with E-state index in [0.717, 1.165) is 36.5 Å². The Morgan fingerprint density at radius 1 is 0.793 bits per heavy atom. The summed E-state index contributed by atoms with van der Waals surface area (Å²) in [5, 5.41) is 0. The third-order valence-electron chi connectivity index (χ3n) is 9.72. The van der Waals surface area contributed by atoms with Gasteiger partial charge in [-0.2, -0.15) is 0 Å². The molecule has 5 heteroatoms. The first-order valence-electron chi connectivity index (χ1n) is 11.5. The molecule has 7 rings (SSSR count). The smallest absolute Gasteiger partial charge is 0.330 e. The summed E-state index contributed by atoms with van der Waals surface area (Å²) in [6, 6.07) is 0. The van der Waals surface area contributed by atoms with Crippen molar-refractivity contribution in [1.29, 1.82) is 0 Å². The van der Waals surface area contributed by atoms with Crippen LogP contribution >= 0.6 is 0 Å². The molecule has 1 saturated heterocycles. The molecule has 154 valence electrons. The minimum absolute atomic E-state index is 0.175. The maximum atomic E-state index is 12.3. The molecule has 5 nitrogen and oxygen atoms in total. The van der Waals surface area contributed by atoms with Crippen molar-refractivity contribution >= 4 is 11.9 Å². The number of fused-ring (bicyclic) bond motifs is 6. The molecule has 1 heterocycles. The van der Waals surface area contributed by atoms with Gasteiger partial charge in [0.1, 0.15) is 0 Å². The van der Waals surface area contributed by atoms with Gasteiger partial charge < -0.3 is 14.2 Å². The van der Waals surface area contributed by atoms with Crippen LogP contribution in [0.15, 0.2) is 23.3 Å². The second-order valence-electron chi connectivity index (χ2n) is 10.3. The predicted octanol–water partition coefficient (Wildman–Crippen LogP) is 2.76. The van der Waals surface area contributed by atoms with Crippen molar-refractivity contribution in [3.8, 4) is 0 Å². The van der Waals surface area contributed by atoms with Crippen LogP contribution in [-0.2, 0) is 23.8 Å². The van der Waals surface area contributed by atoms with Gasteiger partial charge in [-0.05, 0) is 85.9 Å². The lowest BCUT2D eigenvalue weighted by atomic mass is 9.81. The number of allylic oxidation sites excluding steroid dienone is 2. The third kappa shape index (κ3) is 1.92. The van der Waals surface area contributed by atoms with E-state index in [9.17, 15) is 9.59 Å². The highest BCUT2D eigenvalue weighted by molar-refractivity contribution is 5.83. The zero-order valence-electron chi connectivity index (χ0n) is 17.0. The van der Waals surface area contributed by atoms with Crippen molar-refractivity contribution in [1.82, 2.24) is 0 Å². The minimum Gasteiger partial charge on any atom is -0.463 e. The number of ether oxygens (including phenoxy) is 3. The molecule has 29 heavy (non-hydrogen) atoms. The highest BCUT2D eigenvalue weighted by Gasteiger charge is 2.83. The van der Waals surface area contributed by atoms with Gasteiger partial charge in [0.05, 0.1) is 25.4 Å².